The van der Waals surface area contributed by atoms with E-state index in [4.69, 9.17) is 34.8 Å². The molecule has 0 bridgehead atoms. The Morgan fingerprint density at radius 3 is 2.57 bits per heavy atom. The summed E-state index contributed by atoms with van der Waals surface area (Å²) in [6.45, 7) is 0. The van der Waals surface area contributed by atoms with Crippen LogP contribution < -0.4 is 5.56 Å². The third-order valence-corrected chi connectivity index (χ3v) is 3.70. The van der Waals surface area contributed by atoms with Gasteiger partial charge in [0, 0.05) is 17.4 Å². The van der Waals surface area contributed by atoms with Crippen LogP contribution >= 0.6 is 34.8 Å². The van der Waals surface area contributed by atoms with Crippen LogP contribution in [-0.2, 0) is 0 Å². The molecule has 0 N–H and O–H groups in total. The standard InChI is InChI=1S/C13H7Cl3N4O/c14-8-2-3-9(15)10(6-8)20-13(21)12(16)11(7-18-20)19-5-1-4-17-19/h1-7H. The number of halogens is 3. The molecule has 0 atom stereocenters. The molecule has 1 aromatic carbocycles. The predicted molar refractivity (Wildman–Crippen MR) is 82.0 cm³/mol. The molecule has 0 aliphatic rings. The normalized spacial score (nSPS) is 10.8. The minimum absolute atomic E-state index is 0.00950. The quantitative estimate of drug-likeness (QED) is 0.718. The van der Waals surface area contributed by atoms with Crippen molar-refractivity contribution in [2.75, 3.05) is 0 Å². The molecule has 21 heavy (non-hydrogen) atoms. The van der Waals surface area contributed by atoms with Crippen LogP contribution in [0.3, 0.4) is 0 Å². The second kappa shape index (κ2) is 5.52. The summed E-state index contributed by atoms with van der Waals surface area (Å²) in [5.74, 6) is 0. The van der Waals surface area contributed by atoms with Gasteiger partial charge < -0.3 is 0 Å². The van der Waals surface area contributed by atoms with E-state index in [1.165, 1.54) is 10.9 Å². The van der Waals surface area contributed by atoms with Gasteiger partial charge in [0.05, 0.1) is 16.9 Å². The molecule has 8 heteroatoms. The number of hydrogen-bond acceptors (Lipinski definition) is 3. The van der Waals surface area contributed by atoms with Gasteiger partial charge in [-0.05, 0) is 24.3 Å². The lowest BCUT2D eigenvalue weighted by atomic mass is 10.3. The van der Waals surface area contributed by atoms with Crippen molar-refractivity contribution in [2.24, 2.45) is 0 Å². The zero-order valence-electron chi connectivity index (χ0n) is 10.4. The molecule has 3 rings (SSSR count). The van der Waals surface area contributed by atoms with Crippen LogP contribution in [0.5, 0.6) is 0 Å². The molecule has 0 aliphatic heterocycles. The van der Waals surface area contributed by atoms with Crippen LogP contribution in [0.25, 0.3) is 11.4 Å². The highest BCUT2D eigenvalue weighted by molar-refractivity contribution is 6.34. The highest BCUT2D eigenvalue weighted by atomic mass is 35.5. The van der Waals surface area contributed by atoms with Crippen molar-refractivity contribution in [1.82, 2.24) is 19.6 Å². The molecule has 0 fully saturated rings. The Morgan fingerprint density at radius 2 is 1.86 bits per heavy atom. The number of benzene rings is 1. The van der Waals surface area contributed by atoms with E-state index in [2.05, 4.69) is 10.2 Å². The van der Waals surface area contributed by atoms with Crippen LogP contribution in [0, 0.1) is 0 Å². The van der Waals surface area contributed by atoms with Gasteiger partial charge in [-0.1, -0.05) is 34.8 Å². The first-order chi connectivity index (χ1) is 10.1. The summed E-state index contributed by atoms with van der Waals surface area (Å²) in [5, 5.41) is 8.88. The van der Waals surface area contributed by atoms with E-state index in [-0.39, 0.29) is 5.02 Å². The Kier molecular flexibility index (Phi) is 3.71. The van der Waals surface area contributed by atoms with Crippen molar-refractivity contribution in [1.29, 1.82) is 0 Å². The van der Waals surface area contributed by atoms with Crippen molar-refractivity contribution in [3.8, 4) is 11.4 Å². The topological polar surface area (TPSA) is 52.7 Å². The minimum atomic E-state index is -0.506. The molecule has 0 radical (unpaired) electrons. The number of hydrogen-bond donors (Lipinski definition) is 0. The van der Waals surface area contributed by atoms with E-state index in [1.807, 2.05) is 0 Å². The summed E-state index contributed by atoms with van der Waals surface area (Å²) in [5.41, 5.74) is 0.248. The van der Waals surface area contributed by atoms with Crippen molar-refractivity contribution >= 4 is 34.8 Å². The Balaban J connectivity index is 2.21. The first-order valence-corrected chi connectivity index (χ1v) is 6.94. The van der Waals surface area contributed by atoms with Gasteiger partial charge in [0.1, 0.15) is 10.7 Å². The lowest BCUT2D eigenvalue weighted by Crippen LogP contribution is -2.23. The average molecular weight is 342 g/mol. The number of rotatable bonds is 2. The zero-order valence-corrected chi connectivity index (χ0v) is 12.6. The van der Waals surface area contributed by atoms with Gasteiger partial charge in [0.15, 0.2) is 0 Å². The van der Waals surface area contributed by atoms with Crippen molar-refractivity contribution < 1.29 is 0 Å². The molecule has 0 spiro atoms. The van der Waals surface area contributed by atoms with Gasteiger partial charge in [0.25, 0.3) is 5.56 Å². The van der Waals surface area contributed by atoms with Gasteiger partial charge in [-0.15, -0.1) is 0 Å². The molecule has 2 aromatic heterocycles. The smallest absolute Gasteiger partial charge is 0.266 e. The molecule has 0 saturated carbocycles. The maximum Gasteiger partial charge on any atom is 0.292 e. The molecule has 0 aliphatic carbocycles. The second-order valence-corrected chi connectivity index (χ2v) is 5.33. The molecule has 0 saturated heterocycles. The molecule has 3 aromatic rings. The summed E-state index contributed by atoms with van der Waals surface area (Å²) in [7, 11) is 0. The summed E-state index contributed by atoms with van der Waals surface area (Å²) in [6.07, 6.45) is 4.68. The zero-order chi connectivity index (χ0) is 15.0. The van der Waals surface area contributed by atoms with Gasteiger partial charge >= 0.3 is 0 Å². The van der Waals surface area contributed by atoms with Crippen LogP contribution in [0.15, 0.2) is 47.7 Å². The molecular formula is C13H7Cl3N4O. The predicted octanol–water partition coefficient (Wildman–Crippen LogP) is 3.38. The highest BCUT2D eigenvalue weighted by Crippen LogP contribution is 2.23. The van der Waals surface area contributed by atoms with Crippen molar-refractivity contribution in [3.05, 3.63) is 68.3 Å². The fourth-order valence-electron chi connectivity index (χ4n) is 1.81. The molecule has 106 valence electrons. The molecular weight excluding hydrogens is 335 g/mol. The molecule has 0 amide bonds. The lowest BCUT2D eigenvalue weighted by molar-refractivity contribution is 0.779. The maximum absolute atomic E-state index is 12.4. The van der Waals surface area contributed by atoms with Crippen LogP contribution in [0.4, 0.5) is 0 Å². The fraction of sp³-hybridized carbons (Fsp3) is 0. The average Bonchev–Trinajstić information content (AvgIpc) is 2.99. The van der Waals surface area contributed by atoms with E-state index >= 15 is 0 Å². The highest BCUT2D eigenvalue weighted by Gasteiger charge is 2.14. The fourth-order valence-corrected chi connectivity index (χ4v) is 2.39. The largest absolute Gasteiger partial charge is 0.292 e. The maximum atomic E-state index is 12.4. The Labute approximate surface area is 134 Å². The monoisotopic (exact) mass is 340 g/mol. The van der Waals surface area contributed by atoms with E-state index in [9.17, 15) is 4.79 Å². The van der Waals surface area contributed by atoms with E-state index in [0.29, 0.717) is 21.4 Å². The van der Waals surface area contributed by atoms with Crippen molar-refractivity contribution in [2.45, 2.75) is 0 Å². The van der Waals surface area contributed by atoms with Crippen molar-refractivity contribution in [3.63, 3.8) is 0 Å². The first kappa shape index (κ1) is 14.1. The summed E-state index contributed by atoms with van der Waals surface area (Å²) < 4.78 is 2.56. The number of nitrogens with zero attached hydrogens (tertiary/aromatic N) is 4. The van der Waals surface area contributed by atoms with Gasteiger partial charge in [-0.2, -0.15) is 14.9 Å². The third-order valence-electron chi connectivity index (χ3n) is 2.79. The number of aromatic nitrogens is 4. The Hall–Kier alpha value is -1.82. The minimum Gasteiger partial charge on any atom is -0.266 e. The third kappa shape index (κ3) is 2.55. The molecule has 5 nitrogen and oxygen atoms in total. The van der Waals surface area contributed by atoms with Gasteiger partial charge in [-0.3, -0.25) is 4.79 Å². The second-order valence-electron chi connectivity index (χ2n) is 4.11. The van der Waals surface area contributed by atoms with Crippen LogP contribution in [0.2, 0.25) is 15.1 Å². The Bertz CT molecular complexity index is 858. The van der Waals surface area contributed by atoms with E-state index < -0.39 is 5.56 Å². The molecule has 0 unspecified atom stereocenters. The summed E-state index contributed by atoms with van der Waals surface area (Å²) in [4.78, 5) is 12.4. The summed E-state index contributed by atoms with van der Waals surface area (Å²) in [6, 6.07) is 6.47. The van der Waals surface area contributed by atoms with E-state index in [0.717, 1.165) is 4.68 Å². The lowest BCUT2D eigenvalue weighted by Gasteiger charge is -2.09. The van der Waals surface area contributed by atoms with Crippen LogP contribution in [0.1, 0.15) is 0 Å². The van der Waals surface area contributed by atoms with Gasteiger partial charge in [0.2, 0.25) is 0 Å². The van der Waals surface area contributed by atoms with Crippen LogP contribution in [-0.4, -0.2) is 19.6 Å². The molecule has 2 heterocycles. The summed E-state index contributed by atoms with van der Waals surface area (Å²) >= 11 is 18.1. The van der Waals surface area contributed by atoms with Gasteiger partial charge in [-0.25, -0.2) is 4.68 Å². The van der Waals surface area contributed by atoms with E-state index in [1.54, 1.807) is 36.7 Å². The SMILES string of the molecule is O=c1c(Cl)c(-n2cccn2)cnn1-c1cc(Cl)ccc1Cl. The first-order valence-electron chi connectivity index (χ1n) is 5.81. The Morgan fingerprint density at radius 1 is 1.05 bits per heavy atom.